The van der Waals surface area contributed by atoms with Crippen LogP contribution in [-0.4, -0.2) is 38.9 Å². The first-order valence-electron chi connectivity index (χ1n) is 11.1. The molecule has 1 aromatic heterocycles. The van der Waals surface area contributed by atoms with Crippen molar-refractivity contribution in [3.8, 4) is 0 Å². The topological polar surface area (TPSA) is 78.5 Å². The molecule has 1 aliphatic rings. The van der Waals surface area contributed by atoms with Crippen molar-refractivity contribution < 1.29 is 13.2 Å². The van der Waals surface area contributed by atoms with Crippen molar-refractivity contribution in [1.29, 1.82) is 0 Å². The lowest BCUT2D eigenvalue weighted by Gasteiger charge is -2.32. The number of thiophene rings is 1. The van der Waals surface area contributed by atoms with E-state index in [0.29, 0.717) is 23.7 Å². The predicted molar refractivity (Wildman–Crippen MR) is 133 cm³/mol. The molecule has 1 fully saturated rings. The molecular weight excluding hydrogens is 454 g/mol. The van der Waals surface area contributed by atoms with Crippen LogP contribution in [0.1, 0.15) is 33.6 Å². The molecule has 2 heterocycles. The van der Waals surface area contributed by atoms with Crippen molar-refractivity contribution >= 4 is 33.0 Å². The summed E-state index contributed by atoms with van der Waals surface area (Å²) in [5.74, 6) is 0.238. The van der Waals surface area contributed by atoms with Gasteiger partial charge < -0.3 is 5.32 Å². The van der Waals surface area contributed by atoms with Crippen LogP contribution in [0.4, 0.5) is 5.69 Å². The number of aryl methyl sites for hydroxylation is 1. The van der Waals surface area contributed by atoms with Crippen LogP contribution in [0.5, 0.6) is 0 Å². The van der Waals surface area contributed by atoms with Gasteiger partial charge in [0.25, 0.3) is 15.9 Å². The molecule has 1 saturated heterocycles. The number of carbonyl (C=O) groups is 1. The summed E-state index contributed by atoms with van der Waals surface area (Å²) in [7, 11) is -3.71. The average Bonchev–Trinajstić information content (AvgIpc) is 3.32. The van der Waals surface area contributed by atoms with E-state index in [1.807, 2.05) is 19.1 Å². The molecule has 6 nitrogen and oxygen atoms in total. The van der Waals surface area contributed by atoms with Crippen LogP contribution in [-0.2, 0) is 16.6 Å². The van der Waals surface area contributed by atoms with E-state index in [2.05, 4.69) is 32.5 Å². The Hall–Kier alpha value is -2.68. The van der Waals surface area contributed by atoms with Crippen molar-refractivity contribution in [2.75, 3.05) is 24.4 Å². The zero-order valence-corrected chi connectivity index (χ0v) is 20.3. The Morgan fingerprint density at radius 1 is 1.09 bits per heavy atom. The number of sulfonamides is 1. The van der Waals surface area contributed by atoms with Crippen molar-refractivity contribution in [3.63, 3.8) is 0 Å². The third-order valence-corrected chi connectivity index (χ3v) is 8.10. The van der Waals surface area contributed by atoms with E-state index in [-0.39, 0.29) is 10.8 Å². The van der Waals surface area contributed by atoms with Crippen LogP contribution >= 0.6 is 11.3 Å². The average molecular weight is 484 g/mol. The number of carbonyl (C=O) groups excluding carboxylic acids is 1. The standard InChI is InChI=1S/C25H29N3O3S2/c1-19-6-10-22(11-7-19)27-33(30,31)24-12-8-21(9-13-24)25(29)26-16-20-4-2-14-28(17-20)18-23-5-3-15-32-23/h3,5-13,15,20,27H,2,4,14,16-18H2,1H3,(H,26,29). The van der Waals surface area contributed by atoms with Gasteiger partial charge in [-0.15, -0.1) is 11.3 Å². The summed E-state index contributed by atoms with van der Waals surface area (Å²) < 4.78 is 27.8. The molecule has 2 N–H and O–H groups in total. The number of hydrogen-bond donors (Lipinski definition) is 2. The van der Waals surface area contributed by atoms with E-state index >= 15 is 0 Å². The summed E-state index contributed by atoms with van der Waals surface area (Å²) in [5, 5.41) is 5.13. The minimum Gasteiger partial charge on any atom is -0.352 e. The number of benzene rings is 2. The highest BCUT2D eigenvalue weighted by Gasteiger charge is 2.21. The van der Waals surface area contributed by atoms with Crippen molar-refractivity contribution in [1.82, 2.24) is 10.2 Å². The van der Waals surface area contributed by atoms with Crippen LogP contribution in [0.15, 0.2) is 70.9 Å². The predicted octanol–water partition coefficient (Wildman–Crippen LogP) is 4.50. The summed E-state index contributed by atoms with van der Waals surface area (Å²) in [6, 6.07) is 17.4. The van der Waals surface area contributed by atoms with Crippen LogP contribution in [0.2, 0.25) is 0 Å². The fourth-order valence-electron chi connectivity index (χ4n) is 4.04. The molecule has 1 unspecified atom stereocenters. The Balaban J connectivity index is 1.30. The Labute approximate surface area is 199 Å². The molecule has 0 spiro atoms. The maximum atomic E-state index is 12.6. The van der Waals surface area contributed by atoms with Gasteiger partial charge in [-0.25, -0.2) is 8.42 Å². The highest BCUT2D eigenvalue weighted by Crippen LogP contribution is 2.21. The van der Waals surface area contributed by atoms with Gasteiger partial charge in [-0.05, 0) is 80.1 Å². The number of likely N-dealkylation sites (tertiary alicyclic amines) is 1. The van der Waals surface area contributed by atoms with Gasteiger partial charge >= 0.3 is 0 Å². The molecule has 8 heteroatoms. The molecule has 1 atom stereocenters. The van der Waals surface area contributed by atoms with Gasteiger partial charge in [-0.1, -0.05) is 23.8 Å². The van der Waals surface area contributed by atoms with Gasteiger partial charge in [0.05, 0.1) is 4.90 Å². The maximum absolute atomic E-state index is 12.6. The quantitative estimate of drug-likeness (QED) is 0.495. The summed E-state index contributed by atoms with van der Waals surface area (Å²) in [5.41, 5.74) is 2.01. The Bertz CT molecular complexity index is 1160. The summed E-state index contributed by atoms with van der Waals surface area (Å²) in [4.78, 5) is 16.6. The van der Waals surface area contributed by atoms with Crippen molar-refractivity contribution in [2.45, 2.75) is 31.2 Å². The van der Waals surface area contributed by atoms with E-state index in [0.717, 1.165) is 38.0 Å². The number of nitrogens with zero attached hydrogens (tertiary/aromatic N) is 1. The van der Waals surface area contributed by atoms with Gasteiger partial charge in [0.15, 0.2) is 0 Å². The highest BCUT2D eigenvalue weighted by atomic mass is 32.2. The van der Waals surface area contributed by atoms with Gasteiger partial charge in [-0.2, -0.15) is 0 Å². The molecule has 0 radical (unpaired) electrons. The minimum absolute atomic E-state index is 0.121. The molecule has 174 valence electrons. The van der Waals surface area contributed by atoms with Crippen molar-refractivity contribution in [2.24, 2.45) is 5.92 Å². The van der Waals surface area contributed by atoms with Crippen LogP contribution < -0.4 is 10.0 Å². The number of nitrogens with one attached hydrogen (secondary N) is 2. The van der Waals surface area contributed by atoms with E-state index in [4.69, 9.17) is 0 Å². The number of hydrogen-bond acceptors (Lipinski definition) is 5. The zero-order chi connectivity index (χ0) is 23.3. The number of anilines is 1. The molecule has 33 heavy (non-hydrogen) atoms. The fraction of sp³-hybridized carbons (Fsp3) is 0.320. The highest BCUT2D eigenvalue weighted by molar-refractivity contribution is 7.92. The largest absolute Gasteiger partial charge is 0.352 e. The molecule has 0 saturated carbocycles. The monoisotopic (exact) mass is 483 g/mol. The number of amides is 1. The van der Waals surface area contributed by atoms with Gasteiger partial charge in [0.2, 0.25) is 0 Å². The Morgan fingerprint density at radius 2 is 1.85 bits per heavy atom. The Morgan fingerprint density at radius 3 is 2.55 bits per heavy atom. The third-order valence-electron chi connectivity index (χ3n) is 5.84. The van der Waals surface area contributed by atoms with Gasteiger partial charge in [0.1, 0.15) is 0 Å². The molecule has 0 aliphatic carbocycles. The van der Waals surface area contributed by atoms with Gasteiger partial charge in [0, 0.05) is 35.8 Å². The minimum atomic E-state index is -3.71. The molecule has 4 rings (SSSR count). The molecule has 2 aromatic carbocycles. The number of piperidine rings is 1. The van der Waals surface area contributed by atoms with E-state index < -0.39 is 10.0 Å². The van der Waals surface area contributed by atoms with Gasteiger partial charge in [-0.3, -0.25) is 14.4 Å². The normalized spacial score (nSPS) is 16.9. The molecule has 3 aromatic rings. The summed E-state index contributed by atoms with van der Waals surface area (Å²) in [6.07, 6.45) is 2.23. The first-order valence-corrected chi connectivity index (χ1v) is 13.5. The maximum Gasteiger partial charge on any atom is 0.261 e. The second kappa shape index (κ2) is 10.5. The first-order chi connectivity index (χ1) is 15.9. The Kier molecular flexibility index (Phi) is 7.47. The molecule has 1 amide bonds. The first kappa shape index (κ1) is 23.5. The van der Waals surface area contributed by atoms with Crippen LogP contribution in [0.3, 0.4) is 0 Å². The second-order valence-electron chi connectivity index (χ2n) is 8.53. The third kappa shape index (κ3) is 6.43. The van der Waals surface area contributed by atoms with Crippen LogP contribution in [0.25, 0.3) is 0 Å². The second-order valence-corrected chi connectivity index (χ2v) is 11.2. The molecule has 1 aliphatic heterocycles. The zero-order valence-electron chi connectivity index (χ0n) is 18.7. The number of rotatable bonds is 8. The van der Waals surface area contributed by atoms with E-state index in [9.17, 15) is 13.2 Å². The molecular formula is C25H29N3O3S2. The lowest BCUT2D eigenvalue weighted by atomic mass is 9.98. The lowest BCUT2D eigenvalue weighted by molar-refractivity contribution is 0.0931. The smallest absolute Gasteiger partial charge is 0.261 e. The summed E-state index contributed by atoms with van der Waals surface area (Å²) >= 11 is 1.78. The SMILES string of the molecule is Cc1ccc(NS(=O)(=O)c2ccc(C(=O)NCC3CCCN(Cc4cccs4)C3)cc2)cc1. The lowest BCUT2D eigenvalue weighted by Crippen LogP contribution is -2.40. The molecule has 0 bridgehead atoms. The summed E-state index contributed by atoms with van der Waals surface area (Å²) in [6.45, 7) is 5.59. The van der Waals surface area contributed by atoms with E-state index in [1.54, 1.807) is 35.6 Å². The van der Waals surface area contributed by atoms with Crippen LogP contribution in [0, 0.1) is 12.8 Å². The fourth-order valence-corrected chi connectivity index (χ4v) is 5.85. The van der Waals surface area contributed by atoms with E-state index in [1.165, 1.54) is 17.0 Å². The van der Waals surface area contributed by atoms with Crippen molar-refractivity contribution in [3.05, 3.63) is 82.0 Å².